The highest BCUT2D eigenvalue weighted by Crippen LogP contribution is 2.30. The van der Waals surface area contributed by atoms with Gasteiger partial charge in [0.15, 0.2) is 0 Å². The second kappa shape index (κ2) is 3.11. The molecule has 1 aliphatic rings. The molecule has 1 atom stereocenters. The average Bonchev–Trinajstić information content (AvgIpc) is 2.49. The number of nitriles is 1. The third-order valence-corrected chi connectivity index (χ3v) is 2.45. The van der Waals surface area contributed by atoms with Crippen LogP contribution in [-0.2, 0) is 4.79 Å². The highest BCUT2D eigenvalue weighted by Gasteiger charge is 2.43. The van der Waals surface area contributed by atoms with Crippen molar-refractivity contribution in [3.05, 3.63) is 0 Å². The number of amides is 1. The number of likely N-dealkylation sites (tertiary alicyclic amines) is 1. The predicted molar refractivity (Wildman–Crippen MR) is 44.0 cm³/mol. The molecule has 1 saturated heterocycles. The second-order valence-corrected chi connectivity index (χ2v) is 3.10. The zero-order chi connectivity index (χ0) is 9.90. The van der Waals surface area contributed by atoms with E-state index >= 15 is 0 Å². The molecule has 66 valence electrons. The van der Waals surface area contributed by atoms with Crippen molar-refractivity contribution in [2.45, 2.75) is 24.8 Å². The largest absolute Gasteiger partial charge is 0.368 e. The first-order valence-corrected chi connectivity index (χ1v) is 3.88. The van der Waals surface area contributed by atoms with E-state index < -0.39 is 11.4 Å². The van der Waals surface area contributed by atoms with Crippen molar-refractivity contribution in [3.8, 4) is 6.07 Å². The Labute approximate surface area is 73.3 Å². The van der Waals surface area contributed by atoms with Crippen molar-refractivity contribution in [1.82, 2.24) is 4.90 Å². The van der Waals surface area contributed by atoms with Crippen LogP contribution in [0, 0.1) is 11.3 Å². The monoisotopic (exact) mass is 168 g/mol. The Morgan fingerprint density at radius 3 is 3.25 bits per heavy atom. The van der Waals surface area contributed by atoms with Crippen molar-refractivity contribution in [3.63, 3.8) is 0 Å². The number of hydrogen-bond acceptors (Lipinski definition) is 3. The van der Waals surface area contributed by atoms with Gasteiger partial charge in [-0.25, -0.2) is 0 Å². The van der Waals surface area contributed by atoms with E-state index in [2.05, 4.69) is 0 Å². The van der Waals surface area contributed by atoms with Crippen LogP contribution in [0.4, 0.5) is 0 Å². The van der Waals surface area contributed by atoms with Crippen LogP contribution in [0.3, 0.4) is 0 Å². The molecule has 1 fully saturated rings. The molecule has 0 saturated carbocycles. The normalized spacial score (nSPS) is 31.1. The molecular formula is C8H13N3O. The van der Waals surface area contributed by atoms with Gasteiger partial charge in [-0.3, -0.25) is 9.69 Å². The lowest BCUT2D eigenvalue weighted by Gasteiger charge is -2.30. The number of nitrogens with zero attached hydrogens (tertiary/aromatic N) is 2. The molecule has 4 nitrogen and oxygen atoms in total. The van der Waals surface area contributed by atoms with Crippen LogP contribution in [0.15, 0.2) is 0 Å². The van der Waals surface area contributed by atoms with Crippen molar-refractivity contribution in [1.29, 1.82) is 5.26 Å². The summed E-state index contributed by atoms with van der Waals surface area (Å²) in [6.07, 6.45) is 1.54. The van der Waals surface area contributed by atoms with E-state index in [0.717, 1.165) is 6.42 Å². The quantitative estimate of drug-likeness (QED) is 0.623. The molecule has 4 heteroatoms. The molecule has 0 aliphatic carbocycles. The van der Waals surface area contributed by atoms with E-state index in [1.807, 2.05) is 6.07 Å². The fourth-order valence-electron chi connectivity index (χ4n) is 1.63. The van der Waals surface area contributed by atoms with Gasteiger partial charge in [-0.2, -0.15) is 5.26 Å². The summed E-state index contributed by atoms with van der Waals surface area (Å²) in [6, 6.07) is 1.97. The predicted octanol–water partition coefficient (Wildman–Crippen LogP) is -0.150. The van der Waals surface area contributed by atoms with Crippen LogP contribution in [0.5, 0.6) is 0 Å². The fraction of sp³-hybridized carbons (Fsp3) is 0.750. The summed E-state index contributed by atoms with van der Waals surface area (Å²) in [5.41, 5.74) is 4.41. The van der Waals surface area contributed by atoms with Crippen LogP contribution in [0.2, 0.25) is 0 Å². The molecule has 1 amide bonds. The summed E-state index contributed by atoms with van der Waals surface area (Å²) >= 11 is 0. The van der Waals surface area contributed by atoms with Crippen molar-refractivity contribution >= 4 is 5.91 Å². The molecule has 1 aliphatic heterocycles. The molecule has 0 radical (unpaired) electrons. The summed E-state index contributed by atoms with van der Waals surface area (Å²) in [4.78, 5) is 12.9. The molecule has 12 heavy (non-hydrogen) atoms. The molecule has 0 unspecified atom stereocenters. The molecule has 0 bridgehead atoms. The Morgan fingerprint density at radius 2 is 2.75 bits per heavy atom. The van der Waals surface area contributed by atoms with Gasteiger partial charge < -0.3 is 5.73 Å². The molecule has 1 heterocycles. The Kier molecular flexibility index (Phi) is 1.96. The van der Waals surface area contributed by atoms with Crippen LogP contribution in [-0.4, -0.2) is 29.9 Å². The molecular weight excluding hydrogens is 154 g/mol. The summed E-state index contributed by atoms with van der Waals surface area (Å²) < 4.78 is 7.24. The molecule has 2 N–H and O–H groups in total. The Balaban J connectivity index is 2.89. The SMILES string of the molecule is [2H]CN1CCC[C@@]1(CC#N)C(N)=O. The smallest absolute Gasteiger partial charge is 0.239 e. The van der Waals surface area contributed by atoms with E-state index in [4.69, 9.17) is 12.4 Å². The maximum Gasteiger partial charge on any atom is 0.239 e. The minimum atomic E-state index is -0.865. The number of primary amides is 1. The molecule has 1 rings (SSSR count). The minimum absolute atomic E-state index is 0.0324. The first kappa shape index (κ1) is 7.56. The first-order chi connectivity index (χ1) is 6.17. The summed E-state index contributed by atoms with van der Waals surface area (Å²) in [6.45, 7) is 0.689. The highest BCUT2D eigenvalue weighted by atomic mass is 16.1. The number of hydrogen-bond donors (Lipinski definition) is 1. The van der Waals surface area contributed by atoms with Crippen molar-refractivity contribution in [2.75, 3.05) is 13.6 Å². The van der Waals surface area contributed by atoms with Gasteiger partial charge in [-0.1, -0.05) is 0 Å². The number of carbonyl (C=O) groups is 1. The number of rotatable bonds is 2. The van der Waals surface area contributed by atoms with E-state index in [0.29, 0.717) is 13.0 Å². The fourth-order valence-corrected chi connectivity index (χ4v) is 1.63. The maximum absolute atomic E-state index is 11.2. The number of carbonyl (C=O) groups excluding carboxylic acids is 1. The average molecular weight is 168 g/mol. The molecule has 0 aromatic heterocycles. The number of likely N-dealkylation sites (N-methyl/N-ethyl adjacent to an activating group) is 1. The lowest BCUT2D eigenvalue weighted by Crippen LogP contribution is -2.51. The Morgan fingerprint density at radius 1 is 2.00 bits per heavy atom. The summed E-state index contributed by atoms with van der Waals surface area (Å²) in [7, 11) is 0.0324. The molecule has 0 aromatic rings. The Bertz CT molecular complexity index is 250. The van der Waals surface area contributed by atoms with Gasteiger partial charge in [0.1, 0.15) is 5.54 Å². The van der Waals surface area contributed by atoms with Crippen LogP contribution < -0.4 is 5.73 Å². The van der Waals surface area contributed by atoms with Gasteiger partial charge in [0, 0.05) is 1.37 Å². The van der Waals surface area contributed by atoms with Crippen LogP contribution >= 0.6 is 0 Å². The lowest BCUT2D eigenvalue weighted by molar-refractivity contribution is -0.127. The van der Waals surface area contributed by atoms with Crippen LogP contribution in [0.1, 0.15) is 20.6 Å². The summed E-state index contributed by atoms with van der Waals surface area (Å²) in [5, 5.41) is 8.61. The molecule has 0 spiro atoms. The topological polar surface area (TPSA) is 70.1 Å². The van der Waals surface area contributed by atoms with Gasteiger partial charge in [0.2, 0.25) is 5.91 Å². The maximum atomic E-state index is 11.2. The third-order valence-electron chi connectivity index (χ3n) is 2.45. The second-order valence-electron chi connectivity index (χ2n) is 3.10. The van der Waals surface area contributed by atoms with Gasteiger partial charge in [0.25, 0.3) is 0 Å². The number of nitrogens with two attached hydrogens (primary N) is 1. The zero-order valence-electron chi connectivity index (χ0n) is 7.92. The first-order valence-electron chi connectivity index (χ1n) is 4.59. The van der Waals surface area contributed by atoms with Gasteiger partial charge in [-0.15, -0.1) is 0 Å². The van der Waals surface area contributed by atoms with Crippen molar-refractivity contribution < 1.29 is 6.17 Å². The molecule has 0 aromatic carbocycles. The lowest BCUT2D eigenvalue weighted by atomic mass is 9.92. The van der Waals surface area contributed by atoms with E-state index in [-0.39, 0.29) is 13.4 Å². The van der Waals surface area contributed by atoms with Gasteiger partial charge in [-0.05, 0) is 26.4 Å². The zero-order valence-corrected chi connectivity index (χ0v) is 6.92. The van der Waals surface area contributed by atoms with Gasteiger partial charge >= 0.3 is 0 Å². The van der Waals surface area contributed by atoms with Gasteiger partial charge in [0.05, 0.1) is 12.5 Å². The standard InChI is InChI=1S/C8H13N3O/c1-11-6-2-3-8(11,4-5-9)7(10)12/h2-4,6H2,1H3,(H2,10,12)/t8-/m1/s1/i1D. The van der Waals surface area contributed by atoms with Crippen molar-refractivity contribution in [2.24, 2.45) is 5.73 Å². The third kappa shape index (κ3) is 1.16. The minimum Gasteiger partial charge on any atom is -0.368 e. The van der Waals surface area contributed by atoms with E-state index in [1.165, 1.54) is 0 Å². The van der Waals surface area contributed by atoms with E-state index in [1.54, 1.807) is 4.90 Å². The summed E-state index contributed by atoms with van der Waals surface area (Å²) in [5.74, 6) is -0.473. The Hall–Kier alpha value is -1.08. The highest BCUT2D eigenvalue weighted by molar-refractivity contribution is 5.85. The van der Waals surface area contributed by atoms with E-state index in [9.17, 15) is 4.79 Å². The van der Waals surface area contributed by atoms with Crippen LogP contribution in [0.25, 0.3) is 0 Å².